The number of carbonyl (C=O) groups excluding carboxylic acids is 1. The first-order chi connectivity index (χ1) is 10.2. The average Bonchev–Trinajstić information content (AvgIpc) is 2.95. The van der Waals surface area contributed by atoms with E-state index in [0.717, 1.165) is 17.3 Å². The number of nitrogens with one attached hydrogen (secondary N) is 2. The van der Waals surface area contributed by atoms with Gasteiger partial charge in [-0.25, -0.2) is 0 Å². The zero-order valence-corrected chi connectivity index (χ0v) is 12.0. The monoisotopic (exact) mass is 278 g/mol. The van der Waals surface area contributed by atoms with Crippen molar-refractivity contribution >= 4 is 16.8 Å². The fourth-order valence-corrected chi connectivity index (χ4v) is 2.51. The second-order valence-corrected chi connectivity index (χ2v) is 5.34. The van der Waals surface area contributed by atoms with Crippen molar-refractivity contribution in [3.63, 3.8) is 0 Å². The number of carbonyl (C=O) groups is 1. The van der Waals surface area contributed by atoms with Crippen LogP contribution in [0.25, 0.3) is 10.9 Å². The van der Waals surface area contributed by atoms with Gasteiger partial charge in [0.25, 0.3) is 5.91 Å². The number of aromatic amines is 1. The lowest BCUT2D eigenvalue weighted by Crippen LogP contribution is -2.34. The van der Waals surface area contributed by atoms with Crippen LogP contribution in [0.3, 0.4) is 0 Å². The van der Waals surface area contributed by atoms with Crippen LogP contribution in [-0.4, -0.2) is 16.9 Å². The van der Waals surface area contributed by atoms with Gasteiger partial charge in [0.15, 0.2) is 0 Å². The summed E-state index contributed by atoms with van der Waals surface area (Å²) < 4.78 is 0. The number of benzene rings is 2. The largest absolute Gasteiger partial charge is 0.361 e. The lowest BCUT2D eigenvalue weighted by molar-refractivity contribution is 0.0940. The quantitative estimate of drug-likeness (QED) is 0.753. The maximum Gasteiger partial charge on any atom is 0.251 e. The lowest BCUT2D eigenvalue weighted by Gasteiger charge is -2.14. The summed E-state index contributed by atoms with van der Waals surface area (Å²) in [5.41, 5.74) is 2.90. The van der Waals surface area contributed by atoms with Crippen molar-refractivity contribution in [1.82, 2.24) is 10.3 Å². The Hall–Kier alpha value is -2.55. The van der Waals surface area contributed by atoms with E-state index in [4.69, 9.17) is 0 Å². The number of H-pyrrole nitrogens is 1. The maximum atomic E-state index is 12.3. The Morgan fingerprint density at radius 2 is 1.95 bits per heavy atom. The molecular weight excluding hydrogens is 260 g/mol. The number of rotatable bonds is 4. The first kappa shape index (κ1) is 13.4. The summed E-state index contributed by atoms with van der Waals surface area (Å²) >= 11 is 0. The van der Waals surface area contributed by atoms with Crippen molar-refractivity contribution in [3.05, 3.63) is 71.9 Å². The molecule has 3 nitrogen and oxygen atoms in total. The van der Waals surface area contributed by atoms with E-state index >= 15 is 0 Å². The highest BCUT2D eigenvalue weighted by atomic mass is 16.1. The molecule has 3 aromatic rings. The van der Waals surface area contributed by atoms with Gasteiger partial charge in [-0.05, 0) is 42.5 Å². The Kier molecular flexibility index (Phi) is 3.73. The van der Waals surface area contributed by atoms with E-state index in [1.165, 1.54) is 5.56 Å². The molecule has 0 aliphatic rings. The minimum atomic E-state index is -0.0325. The highest BCUT2D eigenvalue weighted by molar-refractivity contribution is 5.98. The Bertz CT molecular complexity index is 746. The van der Waals surface area contributed by atoms with Gasteiger partial charge >= 0.3 is 0 Å². The number of hydrogen-bond donors (Lipinski definition) is 2. The molecule has 1 atom stereocenters. The molecule has 21 heavy (non-hydrogen) atoms. The zero-order chi connectivity index (χ0) is 14.7. The highest BCUT2D eigenvalue weighted by Gasteiger charge is 2.11. The van der Waals surface area contributed by atoms with Gasteiger partial charge in [0.2, 0.25) is 0 Å². The van der Waals surface area contributed by atoms with Crippen LogP contribution in [-0.2, 0) is 6.42 Å². The minimum absolute atomic E-state index is 0.0325. The molecule has 0 aliphatic carbocycles. The molecule has 0 saturated carbocycles. The fourth-order valence-electron chi connectivity index (χ4n) is 2.51. The Morgan fingerprint density at radius 1 is 1.14 bits per heavy atom. The van der Waals surface area contributed by atoms with Crippen molar-refractivity contribution in [3.8, 4) is 0 Å². The first-order valence-corrected chi connectivity index (χ1v) is 7.14. The van der Waals surface area contributed by atoms with Gasteiger partial charge in [-0.1, -0.05) is 36.4 Å². The van der Waals surface area contributed by atoms with Gasteiger partial charge < -0.3 is 10.3 Å². The van der Waals surface area contributed by atoms with Crippen molar-refractivity contribution < 1.29 is 4.79 Å². The van der Waals surface area contributed by atoms with E-state index < -0.39 is 0 Å². The van der Waals surface area contributed by atoms with Crippen LogP contribution >= 0.6 is 0 Å². The number of fused-ring (bicyclic) bond motifs is 1. The summed E-state index contributed by atoms with van der Waals surface area (Å²) in [7, 11) is 0. The molecule has 0 spiro atoms. The summed E-state index contributed by atoms with van der Waals surface area (Å²) in [5.74, 6) is -0.0325. The van der Waals surface area contributed by atoms with Crippen LogP contribution in [0.2, 0.25) is 0 Å². The molecule has 0 radical (unpaired) electrons. The van der Waals surface area contributed by atoms with E-state index in [2.05, 4.69) is 22.4 Å². The third kappa shape index (κ3) is 3.14. The van der Waals surface area contributed by atoms with Gasteiger partial charge in [0.1, 0.15) is 0 Å². The SMILES string of the molecule is CC(Cc1ccccc1)NC(=O)c1ccc2cc[nH]c2c1. The van der Waals surface area contributed by atoms with E-state index in [-0.39, 0.29) is 11.9 Å². The summed E-state index contributed by atoms with van der Waals surface area (Å²) in [6.45, 7) is 2.03. The van der Waals surface area contributed by atoms with Crippen molar-refractivity contribution in [2.75, 3.05) is 0 Å². The van der Waals surface area contributed by atoms with Crippen LogP contribution in [0.15, 0.2) is 60.8 Å². The maximum absolute atomic E-state index is 12.3. The lowest BCUT2D eigenvalue weighted by atomic mass is 10.1. The summed E-state index contributed by atoms with van der Waals surface area (Å²) in [5, 5.41) is 4.16. The normalized spacial score (nSPS) is 12.2. The minimum Gasteiger partial charge on any atom is -0.361 e. The molecule has 3 heteroatoms. The molecule has 1 amide bonds. The van der Waals surface area contributed by atoms with E-state index in [0.29, 0.717) is 5.56 Å². The number of aromatic nitrogens is 1. The number of amides is 1. The van der Waals surface area contributed by atoms with Crippen LogP contribution in [0.5, 0.6) is 0 Å². The molecule has 0 saturated heterocycles. The molecule has 2 N–H and O–H groups in total. The fraction of sp³-hybridized carbons (Fsp3) is 0.167. The van der Waals surface area contributed by atoms with E-state index in [9.17, 15) is 4.79 Å². The molecule has 2 aromatic carbocycles. The van der Waals surface area contributed by atoms with Crippen molar-refractivity contribution in [2.45, 2.75) is 19.4 Å². The Labute approximate surface area is 124 Å². The smallest absolute Gasteiger partial charge is 0.251 e. The molecule has 0 bridgehead atoms. The average molecular weight is 278 g/mol. The van der Waals surface area contributed by atoms with Gasteiger partial charge in [-0.15, -0.1) is 0 Å². The van der Waals surface area contributed by atoms with Gasteiger partial charge in [0, 0.05) is 23.3 Å². The number of hydrogen-bond acceptors (Lipinski definition) is 1. The molecule has 0 aliphatic heterocycles. The van der Waals surface area contributed by atoms with Crippen molar-refractivity contribution in [1.29, 1.82) is 0 Å². The van der Waals surface area contributed by atoms with Crippen LogP contribution < -0.4 is 5.32 Å². The van der Waals surface area contributed by atoms with Crippen LogP contribution in [0.1, 0.15) is 22.8 Å². The molecule has 1 aromatic heterocycles. The predicted octanol–water partition coefficient (Wildman–Crippen LogP) is 3.53. The molecule has 106 valence electrons. The summed E-state index contributed by atoms with van der Waals surface area (Å²) in [6, 6.07) is 18.0. The second-order valence-electron chi connectivity index (χ2n) is 5.34. The molecule has 3 rings (SSSR count). The predicted molar refractivity (Wildman–Crippen MR) is 85.4 cm³/mol. The van der Waals surface area contributed by atoms with Gasteiger partial charge in [-0.2, -0.15) is 0 Å². The highest BCUT2D eigenvalue weighted by Crippen LogP contribution is 2.14. The summed E-state index contributed by atoms with van der Waals surface area (Å²) in [4.78, 5) is 15.4. The topological polar surface area (TPSA) is 44.9 Å². The standard InChI is InChI=1S/C18H18N2O/c1-13(11-14-5-3-2-4-6-14)20-18(21)16-8-7-15-9-10-19-17(15)12-16/h2-10,12-13,19H,11H2,1H3,(H,20,21). The van der Waals surface area contributed by atoms with Crippen LogP contribution in [0.4, 0.5) is 0 Å². The Balaban J connectivity index is 1.67. The van der Waals surface area contributed by atoms with E-state index in [1.54, 1.807) is 0 Å². The summed E-state index contributed by atoms with van der Waals surface area (Å²) in [6.07, 6.45) is 2.71. The zero-order valence-electron chi connectivity index (χ0n) is 12.0. The third-order valence-electron chi connectivity index (χ3n) is 3.58. The molecule has 0 fully saturated rings. The first-order valence-electron chi connectivity index (χ1n) is 7.14. The Morgan fingerprint density at radius 3 is 2.76 bits per heavy atom. The molecular formula is C18H18N2O. The van der Waals surface area contributed by atoms with Crippen molar-refractivity contribution in [2.24, 2.45) is 0 Å². The van der Waals surface area contributed by atoms with E-state index in [1.807, 2.05) is 55.6 Å². The molecule has 1 unspecified atom stereocenters. The molecule has 1 heterocycles. The van der Waals surface area contributed by atoms with Crippen LogP contribution in [0, 0.1) is 0 Å². The van der Waals surface area contributed by atoms with Gasteiger partial charge in [0.05, 0.1) is 0 Å². The second kappa shape index (κ2) is 5.83. The van der Waals surface area contributed by atoms with Gasteiger partial charge in [-0.3, -0.25) is 4.79 Å². The third-order valence-corrected chi connectivity index (χ3v) is 3.58.